The van der Waals surface area contributed by atoms with E-state index in [9.17, 15) is 4.79 Å². The number of carbonyl (C=O) groups is 1. The van der Waals surface area contributed by atoms with Crippen LogP contribution in [0.4, 0.5) is 17.1 Å². The predicted octanol–water partition coefficient (Wildman–Crippen LogP) is 4.42. The van der Waals surface area contributed by atoms with Crippen LogP contribution in [0.5, 0.6) is 0 Å². The summed E-state index contributed by atoms with van der Waals surface area (Å²) in [6.45, 7) is 10.6. The lowest BCUT2D eigenvalue weighted by atomic mass is 9.99. The summed E-state index contributed by atoms with van der Waals surface area (Å²) in [5.41, 5.74) is 3.49. The average molecular weight is 367 g/mol. The fraction of sp³-hybridized carbons (Fsp3) is 0.455. The van der Waals surface area contributed by atoms with Crippen molar-refractivity contribution in [1.29, 1.82) is 0 Å². The van der Waals surface area contributed by atoms with Gasteiger partial charge < -0.3 is 15.1 Å². The molecular formula is C22H30N4O. The molecule has 1 saturated heterocycles. The second-order valence-corrected chi connectivity index (χ2v) is 7.24. The van der Waals surface area contributed by atoms with Gasteiger partial charge in [0.05, 0.1) is 11.9 Å². The average Bonchev–Trinajstić information content (AvgIpc) is 2.71. The van der Waals surface area contributed by atoms with Gasteiger partial charge in [-0.25, -0.2) is 4.98 Å². The van der Waals surface area contributed by atoms with Crippen molar-refractivity contribution < 1.29 is 4.79 Å². The molecule has 1 aromatic heterocycles. The Kier molecular flexibility index (Phi) is 6.32. The highest BCUT2D eigenvalue weighted by Gasteiger charge is 2.16. The zero-order chi connectivity index (χ0) is 19.2. The first-order chi connectivity index (χ1) is 13.1. The van der Waals surface area contributed by atoms with Gasteiger partial charge in [-0.3, -0.25) is 4.79 Å². The highest BCUT2D eigenvalue weighted by molar-refractivity contribution is 6.03. The van der Waals surface area contributed by atoms with Crippen LogP contribution in [-0.2, 0) is 0 Å². The Bertz CT molecular complexity index is 730. The van der Waals surface area contributed by atoms with Crippen molar-refractivity contribution in [3.63, 3.8) is 0 Å². The molecule has 2 heterocycles. The number of nitrogens with one attached hydrogen (secondary N) is 1. The third-order valence-corrected chi connectivity index (χ3v) is 5.38. The first kappa shape index (κ1) is 19.2. The van der Waals surface area contributed by atoms with Gasteiger partial charge in [-0.15, -0.1) is 0 Å². The van der Waals surface area contributed by atoms with Crippen molar-refractivity contribution in [3.05, 3.63) is 48.3 Å². The highest BCUT2D eigenvalue weighted by atomic mass is 16.1. The minimum Gasteiger partial charge on any atom is -0.372 e. The van der Waals surface area contributed by atoms with E-state index in [1.54, 1.807) is 12.3 Å². The van der Waals surface area contributed by atoms with Crippen LogP contribution < -0.4 is 15.1 Å². The van der Waals surface area contributed by atoms with Gasteiger partial charge >= 0.3 is 0 Å². The molecule has 5 nitrogen and oxygen atoms in total. The van der Waals surface area contributed by atoms with Crippen molar-refractivity contribution in [2.75, 3.05) is 41.3 Å². The summed E-state index contributed by atoms with van der Waals surface area (Å²) in [7, 11) is 0. The number of benzene rings is 1. The molecule has 1 amide bonds. The van der Waals surface area contributed by atoms with Crippen LogP contribution in [0, 0.1) is 5.92 Å². The van der Waals surface area contributed by atoms with Gasteiger partial charge in [0.1, 0.15) is 5.69 Å². The van der Waals surface area contributed by atoms with Crippen molar-refractivity contribution in [1.82, 2.24) is 4.98 Å². The van der Waals surface area contributed by atoms with E-state index in [4.69, 9.17) is 0 Å². The Morgan fingerprint density at radius 2 is 1.78 bits per heavy atom. The predicted molar refractivity (Wildman–Crippen MR) is 113 cm³/mol. The lowest BCUT2D eigenvalue weighted by molar-refractivity contribution is 0.102. The minimum atomic E-state index is -0.180. The number of pyridine rings is 1. The van der Waals surface area contributed by atoms with E-state index in [2.05, 4.69) is 53.0 Å². The molecule has 0 radical (unpaired) electrons. The smallest absolute Gasteiger partial charge is 0.274 e. The van der Waals surface area contributed by atoms with Gasteiger partial charge in [-0.05, 0) is 69.0 Å². The van der Waals surface area contributed by atoms with Gasteiger partial charge in [0.2, 0.25) is 0 Å². The van der Waals surface area contributed by atoms with E-state index >= 15 is 0 Å². The lowest BCUT2D eigenvalue weighted by Gasteiger charge is -2.32. The maximum atomic E-state index is 12.5. The van der Waals surface area contributed by atoms with Crippen molar-refractivity contribution >= 4 is 23.0 Å². The number of aromatic nitrogens is 1. The van der Waals surface area contributed by atoms with Gasteiger partial charge in [-0.2, -0.15) is 0 Å². The van der Waals surface area contributed by atoms with Crippen LogP contribution in [0.1, 0.15) is 44.1 Å². The molecule has 3 rings (SSSR count). The van der Waals surface area contributed by atoms with E-state index in [1.165, 1.54) is 18.5 Å². The summed E-state index contributed by atoms with van der Waals surface area (Å²) < 4.78 is 0. The molecular weight excluding hydrogens is 336 g/mol. The number of anilines is 3. The summed E-state index contributed by atoms with van der Waals surface area (Å²) >= 11 is 0. The summed E-state index contributed by atoms with van der Waals surface area (Å²) in [6.07, 6.45) is 4.25. The van der Waals surface area contributed by atoms with Crippen LogP contribution in [0.25, 0.3) is 0 Å². The van der Waals surface area contributed by atoms with Crippen molar-refractivity contribution in [2.45, 2.75) is 33.6 Å². The first-order valence-electron chi connectivity index (χ1n) is 9.98. The van der Waals surface area contributed by atoms with Crippen molar-refractivity contribution in [2.24, 2.45) is 5.92 Å². The summed E-state index contributed by atoms with van der Waals surface area (Å²) in [5.74, 6) is 0.640. The van der Waals surface area contributed by atoms with Crippen LogP contribution in [-0.4, -0.2) is 37.1 Å². The van der Waals surface area contributed by atoms with Gasteiger partial charge in [0, 0.05) is 37.6 Å². The van der Waals surface area contributed by atoms with E-state index in [1.807, 2.05) is 18.2 Å². The number of amides is 1. The van der Waals surface area contributed by atoms with E-state index in [-0.39, 0.29) is 5.91 Å². The molecule has 0 aliphatic carbocycles. The molecule has 0 saturated carbocycles. The largest absolute Gasteiger partial charge is 0.372 e. The molecule has 0 atom stereocenters. The van der Waals surface area contributed by atoms with E-state index in [0.29, 0.717) is 5.69 Å². The summed E-state index contributed by atoms with van der Waals surface area (Å²) in [5, 5.41) is 2.94. The Balaban J connectivity index is 1.60. The van der Waals surface area contributed by atoms with Crippen molar-refractivity contribution in [3.8, 4) is 0 Å². The molecule has 2 aromatic rings. The van der Waals surface area contributed by atoms with Gasteiger partial charge in [-0.1, -0.05) is 6.92 Å². The molecule has 0 bridgehead atoms. The van der Waals surface area contributed by atoms with Gasteiger partial charge in [0.25, 0.3) is 5.91 Å². The number of carbonyl (C=O) groups excluding carboxylic acids is 1. The van der Waals surface area contributed by atoms with Crippen LogP contribution in [0.2, 0.25) is 0 Å². The fourth-order valence-corrected chi connectivity index (χ4v) is 3.51. The van der Waals surface area contributed by atoms with Crippen LogP contribution in [0.15, 0.2) is 42.6 Å². The van der Waals surface area contributed by atoms with E-state index in [0.717, 1.165) is 43.5 Å². The SMILES string of the molecule is CCN(CC)c1ccc(C(=O)Nc2ccc(N3CCC(C)CC3)cc2)nc1. The quantitative estimate of drug-likeness (QED) is 0.822. The Morgan fingerprint density at radius 1 is 1.11 bits per heavy atom. The number of nitrogens with zero attached hydrogens (tertiary/aromatic N) is 3. The Hall–Kier alpha value is -2.56. The Morgan fingerprint density at radius 3 is 2.33 bits per heavy atom. The second-order valence-electron chi connectivity index (χ2n) is 7.24. The molecule has 0 unspecified atom stereocenters. The molecule has 5 heteroatoms. The number of piperidine rings is 1. The summed E-state index contributed by atoms with van der Waals surface area (Å²) in [6, 6.07) is 11.8. The number of hydrogen-bond acceptors (Lipinski definition) is 4. The topological polar surface area (TPSA) is 48.5 Å². The van der Waals surface area contributed by atoms with Crippen LogP contribution >= 0.6 is 0 Å². The molecule has 1 N–H and O–H groups in total. The maximum absolute atomic E-state index is 12.5. The monoisotopic (exact) mass is 366 g/mol. The molecule has 1 aromatic carbocycles. The Labute approximate surface area is 162 Å². The van der Waals surface area contributed by atoms with E-state index < -0.39 is 0 Å². The third kappa shape index (κ3) is 4.79. The first-order valence-corrected chi connectivity index (χ1v) is 9.98. The molecule has 1 aliphatic rings. The van der Waals surface area contributed by atoms with Crippen LogP contribution in [0.3, 0.4) is 0 Å². The lowest BCUT2D eigenvalue weighted by Crippen LogP contribution is -2.32. The zero-order valence-corrected chi connectivity index (χ0v) is 16.6. The molecule has 1 fully saturated rings. The maximum Gasteiger partial charge on any atom is 0.274 e. The second kappa shape index (κ2) is 8.89. The normalized spacial score (nSPS) is 14.9. The molecule has 144 valence electrons. The summed E-state index contributed by atoms with van der Waals surface area (Å²) in [4.78, 5) is 21.4. The molecule has 1 aliphatic heterocycles. The standard InChI is InChI=1S/C22H30N4O/c1-4-25(5-2)20-10-11-21(23-16-20)22(27)24-18-6-8-19(9-7-18)26-14-12-17(3)13-15-26/h6-11,16-17H,4-5,12-15H2,1-3H3,(H,24,27). The number of hydrogen-bond donors (Lipinski definition) is 1. The molecule has 27 heavy (non-hydrogen) atoms. The minimum absolute atomic E-state index is 0.180. The zero-order valence-electron chi connectivity index (χ0n) is 16.6. The third-order valence-electron chi connectivity index (χ3n) is 5.38. The number of rotatable bonds is 6. The van der Waals surface area contributed by atoms with Gasteiger partial charge in [0.15, 0.2) is 0 Å². The highest BCUT2D eigenvalue weighted by Crippen LogP contribution is 2.24. The molecule has 0 spiro atoms. The fourth-order valence-electron chi connectivity index (χ4n) is 3.51.